The van der Waals surface area contributed by atoms with E-state index >= 15 is 0 Å². The smallest absolute Gasteiger partial charge is 0.252 e. The molecule has 2 aliphatic heterocycles. The summed E-state index contributed by atoms with van der Waals surface area (Å²) in [6.07, 6.45) is 4.18. The summed E-state index contributed by atoms with van der Waals surface area (Å²) in [5.74, 6) is 0. The molecule has 2 heterocycles. The van der Waals surface area contributed by atoms with E-state index < -0.39 is 0 Å². The van der Waals surface area contributed by atoms with Gasteiger partial charge < -0.3 is 9.80 Å². The van der Waals surface area contributed by atoms with Crippen molar-refractivity contribution in [2.45, 2.75) is 186 Å². The Labute approximate surface area is 538 Å². The first-order valence-corrected chi connectivity index (χ1v) is 33.2. The molecule has 0 fully saturated rings. The SMILES string of the molecule is CC(C)(C)Cc1ccc(C(C)(C)c2cccc(N3c4cc(C(C)(C)c5ccc(CC(C)(C)C)cc5)ccc4B4c5ccc(C(C)(C)c6ccc(CC(C)(C)C)cc6)cc5N(c5cccc(C(C)(C)c6ccc(CC(C)(C)C)cc6)c5)c5cccc3c54)c2)cc1. The second kappa shape index (κ2) is 22.8. The predicted molar refractivity (Wildman–Crippen MR) is 387 cm³/mol. The lowest BCUT2D eigenvalue weighted by Gasteiger charge is -2.45. The Balaban J connectivity index is 1.11. The fourth-order valence-electron chi connectivity index (χ4n) is 14.6. The van der Waals surface area contributed by atoms with Crippen LogP contribution in [0.1, 0.15) is 205 Å². The van der Waals surface area contributed by atoms with Gasteiger partial charge in [0.2, 0.25) is 0 Å². The van der Waals surface area contributed by atoms with Crippen LogP contribution in [-0.2, 0) is 47.3 Å². The molecule has 2 aliphatic rings. The highest BCUT2D eigenvalue weighted by molar-refractivity contribution is 7.00. The average Bonchev–Trinajstić information content (AvgIpc) is 0.712. The first-order chi connectivity index (χ1) is 41.6. The van der Waals surface area contributed by atoms with Crippen LogP contribution in [0.25, 0.3) is 0 Å². The van der Waals surface area contributed by atoms with Crippen molar-refractivity contribution in [2.24, 2.45) is 21.7 Å². The van der Waals surface area contributed by atoms with E-state index in [-0.39, 0.29) is 50.0 Å². The van der Waals surface area contributed by atoms with Crippen LogP contribution in [0.2, 0.25) is 0 Å². The van der Waals surface area contributed by atoms with Crippen molar-refractivity contribution >= 4 is 57.2 Å². The van der Waals surface area contributed by atoms with E-state index in [9.17, 15) is 0 Å². The zero-order chi connectivity index (χ0) is 64.0. The van der Waals surface area contributed by atoms with Crippen molar-refractivity contribution < 1.29 is 0 Å². The van der Waals surface area contributed by atoms with Gasteiger partial charge in [0.15, 0.2) is 0 Å². The van der Waals surface area contributed by atoms with Crippen LogP contribution in [0.5, 0.6) is 0 Å². The van der Waals surface area contributed by atoms with Gasteiger partial charge in [0.25, 0.3) is 6.71 Å². The third-order valence-corrected chi connectivity index (χ3v) is 19.7. The van der Waals surface area contributed by atoms with E-state index in [1.54, 1.807) is 0 Å². The Morgan fingerprint density at radius 2 is 0.494 bits per heavy atom. The first kappa shape index (κ1) is 63.2. The molecule has 0 atom stereocenters. The van der Waals surface area contributed by atoms with E-state index in [2.05, 4.69) is 348 Å². The minimum atomic E-state index is -0.286. The highest BCUT2D eigenvalue weighted by Gasteiger charge is 2.45. The zero-order valence-corrected chi connectivity index (χ0v) is 57.9. The third-order valence-electron chi connectivity index (χ3n) is 19.7. The predicted octanol–water partition coefficient (Wildman–Crippen LogP) is 21.4. The van der Waals surface area contributed by atoms with Crippen LogP contribution < -0.4 is 26.2 Å². The van der Waals surface area contributed by atoms with Crippen molar-refractivity contribution in [3.63, 3.8) is 0 Å². The van der Waals surface area contributed by atoms with Crippen LogP contribution in [0.15, 0.2) is 200 Å². The number of anilines is 6. The Bertz CT molecular complexity index is 3770. The van der Waals surface area contributed by atoms with Crippen LogP contribution in [-0.4, -0.2) is 6.71 Å². The number of benzene rings is 9. The normalized spacial score (nSPS) is 14.0. The number of fused-ring (bicyclic) bond motifs is 4. The molecule has 0 N–H and O–H groups in total. The summed E-state index contributed by atoms with van der Waals surface area (Å²) >= 11 is 0. The largest absolute Gasteiger partial charge is 0.311 e. The fraction of sp³-hybridized carbons (Fsp3) is 0.372. The fourth-order valence-corrected chi connectivity index (χ4v) is 14.6. The van der Waals surface area contributed by atoms with Crippen LogP contribution in [0, 0.1) is 21.7 Å². The Morgan fingerprint density at radius 3 is 0.764 bits per heavy atom. The van der Waals surface area contributed by atoms with E-state index in [1.165, 1.54) is 106 Å². The zero-order valence-electron chi connectivity index (χ0n) is 57.9. The quantitative estimate of drug-likeness (QED) is 0.100. The van der Waals surface area contributed by atoms with E-state index in [0.29, 0.717) is 0 Å². The molecule has 89 heavy (non-hydrogen) atoms. The Kier molecular flexibility index (Phi) is 16.2. The van der Waals surface area contributed by atoms with E-state index in [0.717, 1.165) is 37.1 Å². The Hall–Kier alpha value is -7.36. The first-order valence-electron chi connectivity index (χ1n) is 33.2. The van der Waals surface area contributed by atoms with Gasteiger partial charge in [0.1, 0.15) is 0 Å². The van der Waals surface area contributed by atoms with Gasteiger partial charge in [-0.2, -0.15) is 0 Å². The lowest BCUT2D eigenvalue weighted by Crippen LogP contribution is -2.61. The lowest BCUT2D eigenvalue weighted by molar-refractivity contribution is 0.411. The van der Waals surface area contributed by atoms with Gasteiger partial charge in [-0.15, -0.1) is 0 Å². The summed E-state index contributed by atoms with van der Waals surface area (Å²) in [4.78, 5) is 5.24. The van der Waals surface area contributed by atoms with Crippen molar-refractivity contribution in [1.82, 2.24) is 0 Å². The number of rotatable bonds is 14. The molecule has 0 amide bonds. The van der Waals surface area contributed by atoms with Gasteiger partial charge in [-0.25, -0.2) is 0 Å². The molecule has 0 spiro atoms. The van der Waals surface area contributed by atoms with E-state index in [1.807, 2.05) is 0 Å². The monoisotopic (exact) mass is 1170 g/mol. The second-order valence-corrected chi connectivity index (χ2v) is 33.7. The van der Waals surface area contributed by atoms with Gasteiger partial charge in [0.05, 0.1) is 0 Å². The minimum Gasteiger partial charge on any atom is -0.311 e. The van der Waals surface area contributed by atoms with Gasteiger partial charge >= 0.3 is 0 Å². The Morgan fingerprint density at radius 1 is 0.247 bits per heavy atom. The van der Waals surface area contributed by atoms with Gasteiger partial charge in [0, 0.05) is 55.8 Å². The van der Waals surface area contributed by atoms with Crippen LogP contribution in [0.3, 0.4) is 0 Å². The van der Waals surface area contributed by atoms with Gasteiger partial charge in [-0.05, 0) is 179 Å². The molecule has 3 heteroatoms. The van der Waals surface area contributed by atoms with Gasteiger partial charge in [-0.1, -0.05) is 290 Å². The molecule has 0 saturated carbocycles. The van der Waals surface area contributed by atoms with Crippen LogP contribution in [0.4, 0.5) is 34.1 Å². The third kappa shape index (κ3) is 12.9. The van der Waals surface area contributed by atoms with E-state index in [4.69, 9.17) is 0 Å². The summed E-state index contributed by atoms with van der Waals surface area (Å²) in [6, 6.07) is 78.9. The number of nitrogens with zero attached hydrogens (tertiary/aromatic N) is 2. The topological polar surface area (TPSA) is 6.48 Å². The highest BCUT2D eigenvalue weighted by Crippen LogP contribution is 2.49. The summed E-state index contributed by atoms with van der Waals surface area (Å²) in [6.45, 7) is 47.1. The van der Waals surface area contributed by atoms with Crippen molar-refractivity contribution in [2.75, 3.05) is 9.80 Å². The molecule has 11 rings (SSSR count). The molecule has 0 bridgehead atoms. The molecule has 0 aliphatic carbocycles. The van der Waals surface area contributed by atoms with Crippen LogP contribution >= 0.6 is 0 Å². The summed E-state index contributed by atoms with van der Waals surface area (Å²) in [5.41, 5.74) is 26.9. The maximum absolute atomic E-state index is 2.62. The molecule has 0 saturated heterocycles. The van der Waals surface area contributed by atoms with Gasteiger partial charge in [-0.3, -0.25) is 0 Å². The minimum absolute atomic E-state index is 0.0427. The van der Waals surface area contributed by atoms with Crippen molar-refractivity contribution in [3.8, 4) is 0 Å². The average molecular weight is 1170 g/mol. The summed E-state index contributed by atoms with van der Waals surface area (Å²) in [5, 5.41) is 0. The summed E-state index contributed by atoms with van der Waals surface area (Å²) < 4.78 is 0. The highest BCUT2D eigenvalue weighted by atomic mass is 15.2. The maximum Gasteiger partial charge on any atom is 0.252 e. The molecule has 0 aromatic heterocycles. The second-order valence-electron chi connectivity index (χ2n) is 33.7. The molecule has 2 nitrogen and oxygen atoms in total. The molecule has 0 radical (unpaired) electrons. The number of hydrogen-bond acceptors (Lipinski definition) is 2. The number of hydrogen-bond donors (Lipinski definition) is 0. The van der Waals surface area contributed by atoms with Crippen molar-refractivity contribution in [3.05, 3.63) is 267 Å². The molecule has 9 aromatic rings. The van der Waals surface area contributed by atoms with Crippen molar-refractivity contribution in [1.29, 1.82) is 0 Å². The molecule has 9 aromatic carbocycles. The standard InChI is InChI=1S/C86H101BN2/c1-79(2,3)54-58-30-38-62(39-31-58)83(13,14)66-24-21-26-70(50-66)88-74-28-23-29-75-78(74)87(72-48-46-68(52-76(72)88)85(17,18)64-42-34-60(35-43-64)56-81(7,8)9)73-49-47-69(86(19,20)65-44-36-61(37-45-65)57-82(10,11)12)53-77(73)89(75)71-27-22-25-67(51-71)84(15,16)63-40-32-59(33-41-63)55-80(4,5)6/h21-53H,54-57H2,1-20H3. The molecular weight excluding hydrogens is 1070 g/mol. The maximum atomic E-state index is 2.62. The lowest BCUT2D eigenvalue weighted by atomic mass is 9.33. The molecule has 458 valence electrons. The summed E-state index contributed by atoms with van der Waals surface area (Å²) in [7, 11) is 0. The molecular formula is C86H101BN2. The molecule has 0 unspecified atom stereocenters.